The molecule has 3 nitrogen and oxygen atoms in total. The van der Waals surface area contributed by atoms with Crippen LogP contribution in [0.5, 0.6) is 0 Å². The Kier molecular flexibility index (Phi) is 3.19. The fourth-order valence-electron chi connectivity index (χ4n) is 1.91. The average molecular weight is 255 g/mol. The lowest BCUT2D eigenvalue weighted by Crippen LogP contribution is -2.06. The monoisotopic (exact) mass is 255 g/mol. The van der Waals surface area contributed by atoms with E-state index in [2.05, 4.69) is 32.8 Å². The molecule has 90 valence electrons. The van der Waals surface area contributed by atoms with Gasteiger partial charge in [-0.2, -0.15) is 0 Å². The Morgan fingerprint density at radius 2 is 2.17 bits per heavy atom. The van der Waals surface area contributed by atoms with Crippen LogP contribution in [0.15, 0.2) is 48.2 Å². The van der Waals surface area contributed by atoms with E-state index in [1.807, 2.05) is 24.5 Å². The van der Waals surface area contributed by atoms with Gasteiger partial charge in [0.15, 0.2) is 0 Å². The highest BCUT2D eigenvalue weighted by molar-refractivity contribution is 7.17. The summed E-state index contributed by atoms with van der Waals surface area (Å²) in [5.41, 5.74) is 1.24. The van der Waals surface area contributed by atoms with E-state index in [-0.39, 0.29) is 0 Å². The van der Waals surface area contributed by atoms with E-state index in [1.54, 1.807) is 17.5 Å². The van der Waals surface area contributed by atoms with Crippen molar-refractivity contribution in [1.82, 2.24) is 9.97 Å². The Bertz CT molecular complexity index is 634. The van der Waals surface area contributed by atoms with E-state index in [0.717, 1.165) is 18.8 Å². The van der Waals surface area contributed by atoms with Crippen LogP contribution in [-0.2, 0) is 6.42 Å². The maximum atomic E-state index is 4.39. The zero-order valence-electron chi connectivity index (χ0n) is 9.84. The molecular weight excluding hydrogens is 242 g/mol. The molecule has 0 aromatic carbocycles. The Morgan fingerprint density at radius 3 is 3.06 bits per heavy atom. The summed E-state index contributed by atoms with van der Waals surface area (Å²) in [6.45, 7) is 0.869. The van der Waals surface area contributed by atoms with E-state index in [0.29, 0.717) is 0 Å². The molecule has 1 N–H and O–H groups in total. The second-order valence-corrected chi connectivity index (χ2v) is 4.98. The summed E-state index contributed by atoms with van der Waals surface area (Å²) < 4.78 is 1.27. The molecule has 18 heavy (non-hydrogen) atoms. The molecule has 0 bridgehead atoms. The molecule has 0 atom stereocenters. The van der Waals surface area contributed by atoms with Gasteiger partial charge in [0.05, 0.1) is 0 Å². The smallest absolute Gasteiger partial charge is 0.134 e. The second-order valence-electron chi connectivity index (χ2n) is 4.03. The van der Waals surface area contributed by atoms with Gasteiger partial charge in [0, 0.05) is 35.2 Å². The molecule has 0 unspecified atom stereocenters. The lowest BCUT2D eigenvalue weighted by Gasteiger charge is -2.06. The molecular formula is C14H13N3S. The van der Waals surface area contributed by atoms with E-state index in [1.165, 1.54) is 15.6 Å². The summed E-state index contributed by atoms with van der Waals surface area (Å²) in [6.07, 6.45) is 6.51. The molecule has 3 rings (SSSR count). The van der Waals surface area contributed by atoms with Gasteiger partial charge in [0.1, 0.15) is 5.82 Å². The number of rotatable bonds is 4. The topological polar surface area (TPSA) is 37.8 Å². The third-order valence-electron chi connectivity index (χ3n) is 2.81. The summed E-state index contributed by atoms with van der Waals surface area (Å²) in [5, 5.41) is 6.69. The molecule has 3 aromatic heterocycles. The summed E-state index contributed by atoms with van der Waals surface area (Å²) >= 11 is 1.74. The van der Waals surface area contributed by atoms with Gasteiger partial charge < -0.3 is 5.32 Å². The van der Waals surface area contributed by atoms with Crippen LogP contribution in [0.4, 0.5) is 5.82 Å². The molecule has 0 spiro atoms. The predicted octanol–water partition coefficient (Wildman–Crippen LogP) is 3.35. The molecule has 0 aliphatic rings. The van der Waals surface area contributed by atoms with Crippen LogP contribution in [0.1, 0.15) is 5.56 Å². The van der Waals surface area contributed by atoms with Gasteiger partial charge in [0.25, 0.3) is 0 Å². The average Bonchev–Trinajstić information content (AvgIpc) is 2.89. The molecule has 0 aliphatic carbocycles. The van der Waals surface area contributed by atoms with E-state index >= 15 is 0 Å². The Morgan fingerprint density at radius 1 is 1.17 bits per heavy atom. The van der Waals surface area contributed by atoms with Crippen molar-refractivity contribution in [3.05, 3.63) is 53.8 Å². The van der Waals surface area contributed by atoms with Crippen LogP contribution in [0.2, 0.25) is 0 Å². The molecule has 0 aliphatic heterocycles. The Hall–Kier alpha value is -1.94. The zero-order chi connectivity index (χ0) is 12.2. The summed E-state index contributed by atoms with van der Waals surface area (Å²) in [7, 11) is 0. The molecule has 0 radical (unpaired) electrons. The van der Waals surface area contributed by atoms with Crippen molar-refractivity contribution in [3.8, 4) is 0 Å². The predicted molar refractivity (Wildman–Crippen MR) is 76.1 cm³/mol. The van der Waals surface area contributed by atoms with Gasteiger partial charge in [-0.3, -0.25) is 4.98 Å². The largest absolute Gasteiger partial charge is 0.369 e. The second kappa shape index (κ2) is 5.14. The maximum Gasteiger partial charge on any atom is 0.134 e. The number of hydrogen-bond acceptors (Lipinski definition) is 4. The van der Waals surface area contributed by atoms with Crippen LogP contribution >= 0.6 is 11.3 Å². The first-order valence-corrected chi connectivity index (χ1v) is 6.76. The Balaban J connectivity index is 1.68. The molecule has 0 saturated heterocycles. The first-order valence-electron chi connectivity index (χ1n) is 5.88. The first kappa shape index (κ1) is 11.2. The number of aromatic nitrogens is 2. The van der Waals surface area contributed by atoms with Crippen LogP contribution < -0.4 is 5.32 Å². The number of thiophene rings is 1. The van der Waals surface area contributed by atoms with Crippen molar-refractivity contribution in [1.29, 1.82) is 0 Å². The minimum Gasteiger partial charge on any atom is -0.369 e. The molecule has 0 saturated carbocycles. The van der Waals surface area contributed by atoms with Gasteiger partial charge in [0.2, 0.25) is 0 Å². The van der Waals surface area contributed by atoms with Crippen LogP contribution in [0, 0.1) is 0 Å². The number of fused-ring (bicyclic) bond motifs is 1. The number of pyridine rings is 2. The van der Waals surface area contributed by atoms with Gasteiger partial charge in [-0.1, -0.05) is 6.07 Å². The molecule has 4 heteroatoms. The van der Waals surface area contributed by atoms with Crippen LogP contribution in [0.3, 0.4) is 0 Å². The van der Waals surface area contributed by atoms with Crippen LogP contribution in [0.25, 0.3) is 10.1 Å². The quantitative estimate of drug-likeness (QED) is 0.777. The van der Waals surface area contributed by atoms with Crippen molar-refractivity contribution >= 4 is 27.2 Å². The highest BCUT2D eigenvalue weighted by Crippen LogP contribution is 2.25. The van der Waals surface area contributed by atoms with Crippen molar-refractivity contribution in [3.63, 3.8) is 0 Å². The SMILES string of the molecule is c1cncc(CCNc2nccc3sccc23)c1. The molecule has 3 aromatic rings. The zero-order valence-corrected chi connectivity index (χ0v) is 10.7. The lowest BCUT2D eigenvalue weighted by atomic mass is 10.2. The fraction of sp³-hybridized carbons (Fsp3) is 0.143. The van der Waals surface area contributed by atoms with E-state index in [4.69, 9.17) is 0 Å². The fourth-order valence-corrected chi connectivity index (χ4v) is 2.69. The highest BCUT2D eigenvalue weighted by Gasteiger charge is 2.02. The van der Waals surface area contributed by atoms with Gasteiger partial charge in [-0.15, -0.1) is 11.3 Å². The third-order valence-corrected chi connectivity index (χ3v) is 3.69. The molecule has 0 amide bonds. The number of nitrogens with zero attached hydrogens (tertiary/aromatic N) is 2. The van der Waals surface area contributed by atoms with Crippen LogP contribution in [-0.4, -0.2) is 16.5 Å². The standard InChI is InChI=1S/C14H13N3S/c1-2-11(10-15-6-1)3-7-16-14-12-5-9-18-13(12)4-8-17-14/h1-2,4-6,8-10H,3,7H2,(H,16,17). The highest BCUT2D eigenvalue weighted by atomic mass is 32.1. The van der Waals surface area contributed by atoms with E-state index < -0.39 is 0 Å². The van der Waals surface area contributed by atoms with E-state index in [9.17, 15) is 0 Å². The number of anilines is 1. The minimum absolute atomic E-state index is 0.869. The third kappa shape index (κ3) is 2.33. The summed E-state index contributed by atoms with van der Waals surface area (Å²) in [4.78, 5) is 8.50. The van der Waals surface area contributed by atoms with Gasteiger partial charge in [-0.05, 0) is 35.6 Å². The van der Waals surface area contributed by atoms with Gasteiger partial charge in [-0.25, -0.2) is 4.98 Å². The van der Waals surface area contributed by atoms with Crippen molar-refractivity contribution in [2.75, 3.05) is 11.9 Å². The summed E-state index contributed by atoms with van der Waals surface area (Å²) in [5.74, 6) is 0.970. The maximum absolute atomic E-state index is 4.39. The van der Waals surface area contributed by atoms with Gasteiger partial charge >= 0.3 is 0 Å². The van der Waals surface area contributed by atoms with Crippen molar-refractivity contribution in [2.45, 2.75) is 6.42 Å². The Labute approximate surface area is 110 Å². The first-order chi connectivity index (χ1) is 8.93. The summed E-state index contributed by atoms with van der Waals surface area (Å²) in [6, 6.07) is 8.21. The number of hydrogen-bond donors (Lipinski definition) is 1. The molecule has 0 fully saturated rings. The lowest BCUT2D eigenvalue weighted by molar-refractivity contribution is 0.997. The number of nitrogens with one attached hydrogen (secondary N) is 1. The normalized spacial score (nSPS) is 10.7. The van der Waals surface area contributed by atoms with Crippen molar-refractivity contribution < 1.29 is 0 Å². The van der Waals surface area contributed by atoms with Crippen molar-refractivity contribution in [2.24, 2.45) is 0 Å². The minimum atomic E-state index is 0.869. The molecule has 3 heterocycles.